The van der Waals surface area contributed by atoms with Crippen molar-refractivity contribution in [2.45, 2.75) is 19.9 Å². The van der Waals surface area contributed by atoms with E-state index in [9.17, 15) is 4.79 Å². The number of benzene rings is 1. The van der Waals surface area contributed by atoms with Crippen LogP contribution in [0.15, 0.2) is 36.4 Å². The van der Waals surface area contributed by atoms with E-state index >= 15 is 0 Å². The molecule has 1 unspecified atom stereocenters. The molecule has 106 valence electrons. The van der Waals surface area contributed by atoms with E-state index in [1.165, 1.54) is 0 Å². The van der Waals surface area contributed by atoms with Crippen molar-refractivity contribution in [1.29, 1.82) is 0 Å². The number of ether oxygens (including phenoxy) is 1. The summed E-state index contributed by atoms with van der Waals surface area (Å²) in [5, 5.41) is 3.74. The Hall–Kier alpha value is -1.52. The number of rotatable bonds is 5. The van der Waals surface area contributed by atoms with Gasteiger partial charge in [0.2, 0.25) is 0 Å². The number of para-hydroxylation sites is 1. The minimum absolute atomic E-state index is 0.297. The predicted molar refractivity (Wildman–Crippen MR) is 83.5 cm³/mol. The number of carbonyl (C=O) groups excluding carboxylic acids is 1. The van der Waals surface area contributed by atoms with Crippen LogP contribution in [0.5, 0.6) is 0 Å². The van der Waals surface area contributed by atoms with E-state index in [1.54, 1.807) is 24.3 Å². The van der Waals surface area contributed by atoms with Gasteiger partial charge in [-0.25, -0.2) is 4.79 Å². The molecule has 0 bridgehead atoms. The average molecular weight is 310 g/mol. The minimum atomic E-state index is -0.534. The van der Waals surface area contributed by atoms with Gasteiger partial charge >= 0.3 is 5.97 Å². The maximum atomic E-state index is 12.1. The number of hydrogen-bond donors (Lipinski definition) is 1. The molecule has 0 aliphatic carbocycles. The molecule has 2 aromatic rings. The molecule has 5 heteroatoms. The van der Waals surface area contributed by atoms with Gasteiger partial charge in [-0.3, -0.25) is 0 Å². The van der Waals surface area contributed by atoms with E-state index in [4.69, 9.17) is 16.3 Å². The second kappa shape index (κ2) is 6.77. The Morgan fingerprint density at radius 3 is 2.70 bits per heavy atom. The largest absolute Gasteiger partial charge is 0.464 e. The second-order valence-corrected chi connectivity index (χ2v) is 5.98. The van der Waals surface area contributed by atoms with Gasteiger partial charge in [-0.15, -0.1) is 11.3 Å². The molecule has 0 spiro atoms. The van der Waals surface area contributed by atoms with Crippen molar-refractivity contribution in [2.75, 3.05) is 11.9 Å². The molecule has 0 radical (unpaired) electrons. The summed E-state index contributed by atoms with van der Waals surface area (Å²) in [6, 6.07) is 10.7. The lowest BCUT2D eigenvalue weighted by Crippen LogP contribution is -2.22. The number of carbonyl (C=O) groups is 1. The summed E-state index contributed by atoms with van der Waals surface area (Å²) in [5.74, 6) is -0.297. The highest BCUT2D eigenvalue weighted by atomic mass is 35.5. The van der Waals surface area contributed by atoms with Crippen molar-refractivity contribution in [3.05, 3.63) is 51.2 Å². The molecule has 0 saturated carbocycles. The molecule has 0 fully saturated rings. The van der Waals surface area contributed by atoms with Crippen LogP contribution in [-0.4, -0.2) is 12.6 Å². The molecule has 1 N–H and O–H groups in total. The Morgan fingerprint density at radius 1 is 1.35 bits per heavy atom. The van der Waals surface area contributed by atoms with Gasteiger partial charge < -0.3 is 10.1 Å². The van der Waals surface area contributed by atoms with E-state index in [2.05, 4.69) is 5.32 Å². The highest BCUT2D eigenvalue weighted by molar-refractivity contribution is 7.12. The second-order valence-electron chi connectivity index (χ2n) is 4.26. The monoisotopic (exact) mass is 309 g/mol. The lowest BCUT2D eigenvalue weighted by molar-refractivity contribution is -0.144. The van der Waals surface area contributed by atoms with Crippen LogP contribution in [0.1, 0.15) is 22.7 Å². The third-order valence-corrected chi connectivity index (χ3v) is 4.14. The average Bonchev–Trinajstić information content (AvgIpc) is 2.84. The van der Waals surface area contributed by atoms with E-state index in [0.717, 1.165) is 15.4 Å². The molecule has 0 aliphatic rings. The molecule has 1 aromatic heterocycles. The van der Waals surface area contributed by atoms with Gasteiger partial charge in [0, 0.05) is 9.75 Å². The van der Waals surface area contributed by atoms with Crippen molar-refractivity contribution < 1.29 is 9.53 Å². The number of hydrogen-bond acceptors (Lipinski definition) is 4. The van der Waals surface area contributed by atoms with E-state index in [-0.39, 0.29) is 5.97 Å². The first-order valence-corrected chi connectivity index (χ1v) is 7.55. The van der Waals surface area contributed by atoms with Gasteiger partial charge in [-0.05, 0) is 38.1 Å². The van der Waals surface area contributed by atoms with Crippen molar-refractivity contribution in [2.24, 2.45) is 0 Å². The zero-order valence-electron chi connectivity index (χ0n) is 11.4. The van der Waals surface area contributed by atoms with Crippen LogP contribution in [-0.2, 0) is 9.53 Å². The fraction of sp³-hybridized carbons (Fsp3) is 0.267. The Labute approximate surface area is 127 Å². The fourth-order valence-electron chi connectivity index (χ4n) is 1.81. The Morgan fingerprint density at radius 2 is 2.10 bits per heavy atom. The molecule has 0 saturated heterocycles. The van der Waals surface area contributed by atoms with E-state index in [0.29, 0.717) is 11.6 Å². The van der Waals surface area contributed by atoms with Crippen LogP contribution in [0.4, 0.5) is 5.69 Å². The molecule has 20 heavy (non-hydrogen) atoms. The predicted octanol–water partition coefficient (Wildman–Crippen LogP) is 4.43. The van der Waals surface area contributed by atoms with Crippen LogP contribution in [0.2, 0.25) is 5.02 Å². The zero-order chi connectivity index (χ0) is 14.5. The number of nitrogens with one attached hydrogen (secondary N) is 1. The first-order valence-electron chi connectivity index (χ1n) is 6.36. The molecule has 1 atom stereocenters. The van der Waals surface area contributed by atoms with E-state index in [1.807, 2.05) is 37.3 Å². The van der Waals surface area contributed by atoms with Crippen LogP contribution >= 0.6 is 22.9 Å². The van der Waals surface area contributed by atoms with Gasteiger partial charge in [-0.1, -0.05) is 23.7 Å². The van der Waals surface area contributed by atoms with Gasteiger partial charge in [0.25, 0.3) is 0 Å². The Bertz CT molecular complexity index is 597. The summed E-state index contributed by atoms with van der Waals surface area (Å²) < 4.78 is 5.14. The molecule has 3 nitrogen and oxygen atoms in total. The molecular formula is C15H16ClNO2S. The number of anilines is 1. The molecule has 0 amide bonds. The van der Waals surface area contributed by atoms with Crippen LogP contribution in [0, 0.1) is 6.92 Å². The number of aryl methyl sites for hydroxylation is 1. The van der Waals surface area contributed by atoms with Crippen LogP contribution in [0.25, 0.3) is 0 Å². The number of esters is 1. The third kappa shape index (κ3) is 3.52. The maximum Gasteiger partial charge on any atom is 0.334 e. The van der Waals surface area contributed by atoms with Crippen molar-refractivity contribution in [3.63, 3.8) is 0 Å². The summed E-state index contributed by atoms with van der Waals surface area (Å²) in [6.45, 7) is 4.15. The molecular weight excluding hydrogens is 294 g/mol. The highest BCUT2D eigenvalue weighted by Gasteiger charge is 2.24. The molecule has 1 heterocycles. The zero-order valence-corrected chi connectivity index (χ0v) is 12.9. The SMILES string of the molecule is CCOC(=O)C(Nc1ccccc1Cl)c1ccc(C)s1. The summed E-state index contributed by atoms with van der Waals surface area (Å²) in [6.07, 6.45) is 0. The maximum absolute atomic E-state index is 12.1. The van der Waals surface area contributed by atoms with Gasteiger partial charge in [0.15, 0.2) is 6.04 Å². The van der Waals surface area contributed by atoms with Crippen LogP contribution < -0.4 is 5.32 Å². The Kier molecular flexibility index (Phi) is 5.04. The summed E-state index contributed by atoms with van der Waals surface area (Å²) in [5.41, 5.74) is 0.721. The van der Waals surface area contributed by atoms with Crippen molar-refractivity contribution in [3.8, 4) is 0 Å². The topological polar surface area (TPSA) is 38.3 Å². The van der Waals surface area contributed by atoms with Crippen molar-refractivity contribution >= 4 is 34.6 Å². The first kappa shape index (κ1) is 14.9. The lowest BCUT2D eigenvalue weighted by Gasteiger charge is -2.18. The summed E-state index contributed by atoms with van der Waals surface area (Å²) in [7, 11) is 0. The van der Waals surface area contributed by atoms with Gasteiger partial charge in [-0.2, -0.15) is 0 Å². The normalized spacial score (nSPS) is 11.9. The minimum Gasteiger partial charge on any atom is -0.464 e. The molecule has 0 aliphatic heterocycles. The fourth-order valence-corrected chi connectivity index (χ4v) is 2.92. The van der Waals surface area contributed by atoms with Crippen LogP contribution in [0.3, 0.4) is 0 Å². The molecule has 2 rings (SSSR count). The quantitative estimate of drug-likeness (QED) is 0.831. The Balaban J connectivity index is 2.27. The van der Waals surface area contributed by atoms with Crippen molar-refractivity contribution in [1.82, 2.24) is 0 Å². The molecule has 1 aromatic carbocycles. The van der Waals surface area contributed by atoms with Gasteiger partial charge in [0.1, 0.15) is 0 Å². The lowest BCUT2D eigenvalue weighted by atomic mass is 10.2. The standard InChI is InChI=1S/C15H16ClNO2S/c1-3-19-15(18)14(13-9-8-10(2)20-13)17-12-7-5-4-6-11(12)16/h4-9,14,17H,3H2,1-2H3. The first-order chi connectivity index (χ1) is 9.61. The summed E-state index contributed by atoms with van der Waals surface area (Å²) in [4.78, 5) is 14.2. The number of halogens is 1. The number of thiophene rings is 1. The smallest absolute Gasteiger partial charge is 0.334 e. The highest BCUT2D eigenvalue weighted by Crippen LogP contribution is 2.30. The van der Waals surface area contributed by atoms with Gasteiger partial charge in [0.05, 0.1) is 17.3 Å². The van der Waals surface area contributed by atoms with E-state index < -0.39 is 6.04 Å². The summed E-state index contributed by atoms with van der Waals surface area (Å²) >= 11 is 7.70. The third-order valence-electron chi connectivity index (χ3n) is 2.74.